The lowest BCUT2D eigenvalue weighted by Crippen LogP contribution is -2.47. The van der Waals surface area contributed by atoms with Crippen LogP contribution >= 0.6 is 11.6 Å². The fourth-order valence-corrected chi connectivity index (χ4v) is 1.86. The summed E-state index contributed by atoms with van der Waals surface area (Å²) in [6.45, 7) is 4.11. The van der Waals surface area contributed by atoms with Crippen molar-refractivity contribution in [2.24, 2.45) is 0 Å². The maximum absolute atomic E-state index is 12.1. The molecule has 1 amide bonds. The van der Waals surface area contributed by atoms with Crippen molar-refractivity contribution in [3.8, 4) is 11.5 Å². The van der Waals surface area contributed by atoms with Gasteiger partial charge in [0.05, 0.1) is 5.54 Å². The topological polar surface area (TPSA) is 47.6 Å². The highest BCUT2D eigenvalue weighted by molar-refractivity contribution is 6.18. The first-order valence-electron chi connectivity index (χ1n) is 5.86. The first-order valence-corrected chi connectivity index (χ1v) is 6.39. The van der Waals surface area contributed by atoms with Crippen molar-refractivity contribution in [2.45, 2.75) is 25.8 Å². The van der Waals surface area contributed by atoms with Crippen molar-refractivity contribution >= 4 is 17.5 Å². The molecule has 5 heteroatoms. The number of hydrogen-bond acceptors (Lipinski definition) is 3. The van der Waals surface area contributed by atoms with Crippen LogP contribution in [0.5, 0.6) is 11.5 Å². The van der Waals surface area contributed by atoms with E-state index < -0.39 is 5.54 Å². The Hall–Kier alpha value is -1.42. The van der Waals surface area contributed by atoms with Gasteiger partial charge in [0.15, 0.2) is 11.5 Å². The van der Waals surface area contributed by atoms with E-state index in [2.05, 4.69) is 5.32 Å². The minimum absolute atomic E-state index is 0.154. The molecule has 4 nitrogen and oxygen atoms in total. The van der Waals surface area contributed by atoms with Crippen molar-refractivity contribution < 1.29 is 14.3 Å². The quantitative estimate of drug-likeness (QED) is 0.855. The molecule has 0 bridgehead atoms. The van der Waals surface area contributed by atoms with E-state index in [4.69, 9.17) is 21.1 Å². The Kier molecular flexibility index (Phi) is 3.66. The fraction of sp³-hybridized carbons (Fsp3) is 0.462. The average molecular weight is 270 g/mol. The number of amides is 1. The molecule has 0 aromatic heterocycles. The lowest BCUT2D eigenvalue weighted by atomic mass is 10.0. The number of carbonyl (C=O) groups excluding carboxylic acids is 1. The second-order valence-electron chi connectivity index (χ2n) is 4.57. The first-order chi connectivity index (χ1) is 8.58. The molecule has 18 heavy (non-hydrogen) atoms. The Morgan fingerprint density at radius 1 is 1.44 bits per heavy atom. The monoisotopic (exact) mass is 269 g/mol. The summed E-state index contributed by atoms with van der Waals surface area (Å²) >= 11 is 5.87. The second-order valence-corrected chi connectivity index (χ2v) is 4.84. The zero-order chi connectivity index (χ0) is 13.2. The number of alkyl halides is 1. The molecule has 1 aromatic carbocycles. The molecule has 0 radical (unpaired) electrons. The van der Waals surface area contributed by atoms with Gasteiger partial charge in [0, 0.05) is 11.4 Å². The van der Waals surface area contributed by atoms with Crippen LogP contribution in [-0.2, 0) is 0 Å². The number of ether oxygens (including phenoxy) is 2. The van der Waals surface area contributed by atoms with E-state index in [9.17, 15) is 4.79 Å². The molecule has 1 aliphatic heterocycles. The number of nitrogens with one attached hydrogen (secondary N) is 1. The molecule has 1 atom stereocenters. The highest BCUT2D eigenvalue weighted by Gasteiger charge is 2.24. The number of rotatable bonds is 4. The minimum atomic E-state index is -0.394. The van der Waals surface area contributed by atoms with Crippen LogP contribution in [0.1, 0.15) is 30.6 Å². The van der Waals surface area contributed by atoms with Crippen LogP contribution in [0.4, 0.5) is 0 Å². The summed E-state index contributed by atoms with van der Waals surface area (Å²) < 4.78 is 10.4. The minimum Gasteiger partial charge on any atom is -0.454 e. The van der Waals surface area contributed by atoms with Gasteiger partial charge in [-0.1, -0.05) is 6.92 Å². The summed E-state index contributed by atoms with van der Waals surface area (Å²) in [6.07, 6.45) is 0.771. The molecule has 0 spiro atoms. The summed E-state index contributed by atoms with van der Waals surface area (Å²) in [5, 5.41) is 2.93. The van der Waals surface area contributed by atoms with Gasteiger partial charge >= 0.3 is 0 Å². The van der Waals surface area contributed by atoms with Gasteiger partial charge in [-0.2, -0.15) is 0 Å². The SMILES string of the molecule is CCC(C)(CCl)NC(=O)c1ccc2c(c1)OCO2. The second kappa shape index (κ2) is 5.06. The van der Waals surface area contributed by atoms with E-state index in [-0.39, 0.29) is 12.7 Å². The Bertz CT molecular complexity index is 458. The van der Waals surface area contributed by atoms with Crippen LogP contribution in [0.2, 0.25) is 0 Å². The number of hydrogen-bond donors (Lipinski definition) is 1. The average Bonchev–Trinajstić information content (AvgIpc) is 2.85. The molecule has 1 aromatic rings. The molecule has 0 aliphatic carbocycles. The molecule has 1 unspecified atom stereocenters. The molecular weight excluding hydrogens is 254 g/mol. The number of carbonyl (C=O) groups is 1. The van der Waals surface area contributed by atoms with Gasteiger partial charge in [0.1, 0.15) is 0 Å². The van der Waals surface area contributed by atoms with Crippen LogP contribution in [0, 0.1) is 0 Å². The summed E-state index contributed by atoms with van der Waals surface area (Å²) in [4.78, 5) is 12.1. The van der Waals surface area contributed by atoms with Crippen LogP contribution in [0.25, 0.3) is 0 Å². The summed E-state index contributed by atoms with van der Waals surface area (Å²) in [5.41, 5.74) is 0.152. The molecule has 1 aliphatic rings. The number of benzene rings is 1. The van der Waals surface area contributed by atoms with E-state index >= 15 is 0 Å². The molecule has 0 fully saturated rings. The van der Waals surface area contributed by atoms with Gasteiger partial charge < -0.3 is 14.8 Å². The van der Waals surface area contributed by atoms with Crippen LogP contribution in [0.15, 0.2) is 18.2 Å². The number of fused-ring (bicyclic) bond motifs is 1. The Morgan fingerprint density at radius 2 is 2.17 bits per heavy atom. The fourth-order valence-electron chi connectivity index (χ4n) is 1.60. The van der Waals surface area contributed by atoms with Gasteiger partial charge in [-0.25, -0.2) is 0 Å². The highest BCUT2D eigenvalue weighted by atomic mass is 35.5. The Morgan fingerprint density at radius 3 is 2.83 bits per heavy atom. The third-order valence-corrected chi connectivity index (χ3v) is 3.72. The zero-order valence-electron chi connectivity index (χ0n) is 10.5. The molecular formula is C13H16ClNO3. The predicted octanol–water partition coefficient (Wildman–Crippen LogP) is 2.55. The smallest absolute Gasteiger partial charge is 0.251 e. The van der Waals surface area contributed by atoms with Crippen LogP contribution in [0.3, 0.4) is 0 Å². The van der Waals surface area contributed by atoms with E-state index in [0.717, 1.165) is 6.42 Å². The third-order valence-electron chi connectivity index (χ3n) is 3.13. The van der Waals surface area contributed by atoms with Crippen LogP contribution < -0.4 is 14.8 Å². The summed E-state index contributed by atoms with van der Waals surface area (Å²) in [6, 6.07) is 5.14. The number of halogens is 1. The normalized spacial score (nSPS) is 16.2. The predicted molar refractivity (Wildman–Crippen MR) is 69.4 cm³/mol. The Balaban J connectivity index is 2.14. The molecule has 1 heterocycles. The lowest BCUT2D eigenvalue weighted by molar-refractivity contribution is 0.0912. The summed E-state index contributed by atoms with van der Waals surface area (Å²) in [7, 11) is 0. The molecule has 0 saturated carbocycles. The standard InChI is InChI=1S/C13H16ClNO3/c1-3-13(2,7-14)15-12(16)9-4-5-10-11(6-9)18-8-17-10/h4-6H,3,7-8H2,1-2H3,(H,15,16). The van der Waals surface area contributed by atoms with Gasteiger partial charge in [-0.3, -0.25) is 4.79 Å². The van der Waals surface area contributed by atoms with Crippen molar-refractivity contribution in [3.05, 3.63) is 23.8 Å². The zero-order valence-corrected chi connectivity index (χ0v) is 11.2. The third kappa shape index (κ3) is 2.53. The van der Waals surface area contributed by atoms with Crippen molar-refractivity contribution in [1.82, 2.24) is 5.32 Å². The van der Waals surface area contributed by atoms with Gasteiger partial charge in [-0.15, -0.1) is 11.6 Å². The molecule has 1 N–H and O–H groups in total. The van der Waals surface area contributed by atoms with Crippen LogP contribution in [-0.4, -0.2) is 24.1 Å². The maximum atomic E-state index is 12.1. The highest BCUT2D eigenvalue weighted by Crippen LogP contribution is 2.32. The van der Waals surface area contributed by atoms with E-state index in [1.807, 2.05) is 13.8 Å². The first kappa shape index (κ1) is 13.0. The van der Waals surface area contributed by atoms with Crippen molar-refractivity contribution in [2.75, 3.05) is 12.7 Å². The van der Waals surface area contributed by atoms with Gasteiger partial charge in [0.25, 0.3) is 5.91 Å². The molecule has 2 rings (SSSR count). The molecule has 98 valence electrons. The van der Waals surface area contributed by atoms with Crippen molar-refractivity contribution in [1.29, 1.82) is 0 Å². The largest absolute Gasteiger partial charge is 0.454 e. The lowest BCUT2D eigenvalue weighted by Gasteiger charge is -2.27. The summed E-state index contributed by atoms with van der Waals surface area (Å²) in [5.74, 6) is 1.49. The van der Waals surface area contributed by atoms with E-state index in [1.54, 1.807) is 18.2 Å². The molecule has 0 saturated heterocycles. The maximum Gasteiger partial charge on any atom is 0.251 e. The Labute approximate surface area is 111 Å². The van der Waals surface area contributed by atoms with E-state index in [1.165, 1.54) is 0 Å². The van der Waals surface area contributed by atoms with Gasteiger partial charge in [0.2, 0.25) is 6.79 Å². The van der Waals surface area contributed by atoms with Gasteiger partial charge in [-0.05, 0) is 31.5 Å². The van der Waals surface area contributed by atoms with Crippen molar-refractivity contribution in [3.63, 3.8) is 0 Å². The van der Waals surface area contributed by atoms with E-state index in [0.29, 0.717) is 22.9 Å².